The molecule has 3 rings (SSSR count). The summed E-state index contributed by atoms with van der Waals surface area (Å²) in [7, 11) is 1.55. The molecule has 0 fully saturated rings. The van der Waals surface area contributed by atoms with Crippen molar-refractivity contribution in [1.82, 2.24) is 15.5 Å². The first-order valence-corrected chi connectivity index (χ1v) is 10.6. The van der Waals surface area contributed by atoms with Crippen LogP contribution in [0.25, 0.3) is 10.9 Å². The summed E-state index contributed by atoms with van der Waals surface area (Å²) in [6.07, 6.45) is 8.54. The second-order valence-corrected chi connectivity index (χ2v) is 8.16. The van der Waals surface area contributed by atoms with Crippen molar-refractivity contribution in [2.45, 2.75) is 31.4 Å². The lowest BCUT2D eigenvalue weighted by Gasteiger charge is -2.26. The van der Waals surface area contributed by atoms with Crippen LogP contribution in [0, 0.1) is 18.2 Å². The Labute approximate surface area is 183 Å². The second-order valence-electron chi connectivity index (χ2n) is 7.26. The maximum absolute atomic E-state index is 14.5. The zero-order valence-electron chi connectivity index (χ0n) is 17.6. The first-order chi connectivity index (χ1) is 14.8. The molecule has 3 aromatic rings. The van der Waals surface area contributed by atoms with Gasteiger partial charge in [0, 0.05) is 36.4 Å². The van der Waals surface area contributed by atoms with E-state index in [4.69, 9.17) is 20.4 Å². The number of thioether (sulfide) groups is 1. The Morgan fingerprint density at radius 2 is 2.16 bits per heavy atom. The summed E-state index contributed by atoms with van der Waals surface area (Å²) < 4.78 is 30.5. The average Bonchev–Trinajstić information content (AvgIpc) is 3.21. The molecule has 31 heavy (non-hydrogen) atoms. The number of carbonyl (C=O) groups excluding carboxylic acids is 1. The Kier molecular flexibility index (Phi) is 6.83. The molecule has 0 radical (unpaired) electrons. The fraction of sp³-hybridized carbons (Fsp3) is 0.318. The van der Waals surface area contributed by atoms with Crippen LogP contribution in [-0.2, 0) is 21.7 Å². The van der Waals surface area contributed by atoms with Crippen LogP contribution in [0.2, 0.25) is 0 Å². The van der Waals surface area contributed by atoms with Crippen LogP contribution in [-0.4, -0.2) is 34.8 Å². The Hall–Kier alpha value is -3.09. The van der Waals surface area contributed by atoms with Gasteiger partial charge < -0.3 is 19.3 Å². The van der Waals surface area contributed by atoms with Crippen molar-refractivity contribution in [2.24, 2.45) is 0 Å². The van der Waals surface area contributed by atoms with E-state index in [9.17, 15) is 9.18 Å². The molecule has 0 saturated heterocycles. The third-order valence-corrected chi connectivity index (χ3v) is 5.21. The highest BCUT2D eigenvalue weighted by Gasteiger charge is 2.31. The number of halogens is 1. The monoisotopic (exact) mass is 443 g/mol. The third-order valence-electron chi connectivity index (χ3n) is 4.47. The molecule has 7 nitrogen and oxygen atoms in total. The lowest BCUT2D eigenvalue weighted by Crippen LogP contribution is -2.46. The number of fused-ring (bicyclic) bond motifs is 1. The molecule has 0 aliphatic heterocycles. The molecule has 0 aliphatic rings. The lowest BCUT2D eigenvalue weighted by atomic mass is 10.0. The number of rotatable bonds is 8. The highest BCUT2D eigenvalue weighted by atomic mass is 32.2. The Morgan fingerprint density at radius 1 is 1.39 bits per heavy atom. The van der Waals surface area contributed by atoms with Crippen molar-refractivity contribution in [3.63, 3.8) is 0 Å². The predicted molar refractivity (Wildman–Crippen MR) is 116 cm³/mol. The minimum atomic E-state index is -0.926. The smallest absolute Gasteiger partial charge is 0.272 e. The van der Waals surface area contributed by atoms with E-state index in [-0.39, 0.29) is 17.9 Å². The van der Waals surface area contributed by atoms with Gasteiger partial charge in [0.05, 0.1) is 5.54 Å². The molecule has 1 atom stereocenters. The number of hydrogen-bond acceptors (Lipinski definition) is 7. The molecule has 0 spiro atoms. The highest BCUT2D eigenvalue weighted by Crippen LogP contribution is 2.27. The second kappa shape index (κ2) is 9.37. The van der Waals surface area contributed by atoms with E-state index < -0.39 is 22.7 Å². The van der Waals surface area contributed by atoms with Crippen molar-refractivity contribution in [1.29, 1.82) is 0 Å². The van der Waals surface area contributed by atoms with Crippen molar-refractivity contribution < 1.29 is 23.2 Å². The number of amides is 1. The summed E-state index contributed by atoms with van der Waals surface area (Å²) in [5.41, 5.74) is -0.520. The lowest BCUT2D eigenvalue weighted by molar-refractivity contribution is -0.126. The Morgan fingerprint density at radius 3 is 2.84 bits per heavy atom. The maximum Gasteiger partial charge on any atom is 0.272 e. The van der Waals surface area contributed by atoms with E-state index >= 15 is 0 Å². The van der Waals surface area contributed by atoms with E-state index in [1.54, 1.807) is 45.4 Å². The number of aromatic nitrogens is 2. The van der Waals surface area contributed by atoms with Gasteiger partial charge in [0.2, 0.25) is 5.44 Å². The Bertz CT molecular complexity index is 1140. The van der Waals surface area contributed by atoms with Crippen molar-refractivity contribution in [3.8, 4) is 18.1 Å². The van der Waals surface area contributed by atoms with Crippen molar-refractivity contribution >= 4 is 28.6 Å². The Balaban J connectivity index is 1.78. The van der Waals surface area contributed by atoms with Crippen LogP contribution in [0.1, 0.15) is 30.9 Å². The minimum absolute atomic E-state index is 0.176. The molecule has 1 amide bonds. The van der Waals surface area contributed by atoms with Gasteiger partial charge in [0.15, 0.2) is 11.6 Å². The summed E-state index contributed by atoms with van der Waals surface area (Å²) in [5.74, 6) is 2.24. The summed E-state index contributed by atoms with van der Waals surface area (Å²) in [4.78, 5) is 16.9. The first-order valence-electron chi connectivity index (χ1n) is 9.29. The van der Waals surface area contributed by atoms with Crippen LogP contribution in [0.4, 0.5) is 4.39 Å². The largest absolute Gasteiger partial charge is 0.470 e. The summed E-state index contributed by atoms with van der Waals surface area (Å²) >= 11 is 1.17. The molecule has 1 unspecified atom stereocenters. The zero-order valence-corrected chi connectivity index (χ0v) is 18.4. The SMILES string of the molecule is C#Cc1cnc2c(F)cc(OC(SC)C(=O)NC(C)(C)c3cc(COC)on3)cc2c1. The van der Waals surface area contributed by atoms with Gasteiger partial charge in [-0.25, -0.2) is 4.39 Å². The van der Waals surface area contributed by atoms with Crippen LogP contribution >= 0.6 is 11.8 Å². The van der Waals surface area contributed by atoms with E-state index in [1.807, 2.05) is 0 Å². The molecule has 2 heterocycles. The van der Waals surface area contributed by atoms with Crippen LogP contribution in [0.5, 0.6) is 5.75 Å². The van der Waals surface area contributed by atoms with Gasteiger partial charge in [-0.05, 0) is 32.2 Å². The number of pyridine rings is 1. The fourth-order valence-corrected chi connectivity index (χ4v) is 3.39. The van der Waals surface area contributed by atoms with E-state index in [0.29, 0.717) is 22.4 Å². The number of benzene rings is 1. The molecule has 1 aromatic carbocycles. The van der Waals surface area contributed by atoms with Crippen molar-refractivity contribution in [2.75, 3.05) is 13.4 Å². The molecular weight excluding hydrogens is 421 g/mol. The average molecular weight is 444 g/mol. The van der Waals surface area contributed by atoms with Crippen molar-refractivity contribution in [3.05, 3.63) is 53.3 Å². The predicted octanol–water partition coefficient (Wildman–Crippen LogP) is 3.61. The zero-order chi connectivity index (χ0) is 22.6. The number of methoxy groups -OCH3 is 1. The molecule has 2 aromatic heterocycles. The van der Waals surface area contributed by atoms with Gasteiger partial charge >= 0.3 is 0 Å². The van der Waals surface area contributed by atoms with Gasteiger partial charge in [-0.3, -0.25) is 9.78 Å². The van der Waals surface area contributed by atoms with Gasteiger partial charge in [0.25, 0.3) is 5.91 Å². The quantitative estimate of drug-likeness (QED) is 0.420. The first kappa shape index (κ1) is 22.6. The van der Waals surface area contributed by atoms with E-state index in [0.717, 1.165) is 0 Å². The van der Waals surface area contributed by atoms with Crippen LogP contribution in [0.3, 0.4) is 0 Å². The molecule has 0 saturated carbocycles. The molecule has 0 bridgehead atoms. The van der Waals surface area contributed by atoms with E-state index in [1.165, 1.54) is 24.0 Å². The number of ether oxygens (including phenoxy) is 2. The summed E-state index contributed by atoms with van der Waals surface area (Å²) in [5, 5.41) is 7.37. The maximum atomic E-state index is 14.5. The molecular formula is C22H22FN3O4S. The number of nitrogens with zero attached hydrogens (tertiary/aromatic N) is 2. The summed E-state index contributed by atoms with van der Waals surface area (Å²) in [6.45, 7) is 3.86. The molecule has 162 valence electrons. The summed E-state index contributed by atoms with van der Waals surface area (Å²) in [6, 6.07) is 6.15. The minimum Gasteiger partial charge on any atom is -0.470 e. The number of terminal acetylenes is 1. The fourth-order valence-electron chi connectivity index (χ4n) is 2.91. The molecule has 1 N–H and O–H groups in total. The number of carbonyl (C=O) groups is 1. The van der Waals surface area contributed by atoms with Crippen LogP contribution in [0.15, 0.2) is 35.0 Å². The van der Waals surface area contributed by atoms with Gasteiger partial charge in [-0.2, -0.15) is 0 Å². The number of nitrogens with one attached hydrogen (secondary N) is 1. The molecule has 9 heteroatoms. The normalized spacial score (nSPS) is 12.4. The van der Waals surface area contributed by atoms with Gasteiger partial charge in [-0.1, -0.05) is 11.1 Å². The molecule has 0 aliphatic carbocycles. The third kappa shape index (κ3) is 5.16. The van der Waals surface area contributed by atoms with Gasteiger partial charge in [0.1, 0.15) is 23.6 Å². The topological polar surface area (TPSA) is 86.5 Å². The van der Waals surface area contributed by atoms with Gasteiger partial charge in [-0.15, -0.1) is 18.2 Å². The van der Waals surface area contributed by atoms with E-state index in [2.05, 4.69) is 21.4 Å². The standard InChI is InChI=1S/C22H22FN3O4S/c1-6-13-7-14-8-15(9-17(23)19(14)24-11-13)29-21(31-5)20(27)25-22(2,3)18-10-16(12-28-4)30-26-18/h1,7-11,21H,12H2,2-5H3,(H,25,27). The van der Waals surface area contributed by atoms with Crippen LogP contribution < -0.4 is 10.1 Å². The highest BCUT2D eigenvalue weighted by molar-refractivity contribution is 7.99. The number of hydrogen-bond donors (Lipinski definition) is 1.